The van der Waals surface area contributed by atoms with Crippen molar-refractivity contribution in [3.05, 3.63) is 65.7 Å². The second-order valence-electron chi connectivity index (χ2n) is 6.37. The van der Waals surface area contributed by atoms with Crippen LogP contribution in [0, 0.1) is 0 Å². The van der Waals surface area contributed by atoms with Gasteiger partial charge >= 0.3 is 5.97 Å². The monoisotopic (exact) mass is 460 g/mol. The molecule has 0 saturated carbocycles. The summed E-state index contributed by atoms with van der Waals surface area (Å²) in [4.78, 5) is 24.1. The molecule has 0 unspecified atom stereocenters. The summed E-state index contributed by atoms with van der Waals surface area (Å²) < 4.78 is 32.3. The molecule has 162 valence electrons. The van der Waals surface area contributed by atoms with E-state index in [2.05, 4.69) is 20.2 Å². The van der Waals surface area contributed by atoms with Gasteiger partial charge in [-0.2, -0.15) is 8.42 Å². The summed E-state index contributed by atoms with van der Waals surface area (Å²) in [6.07, 6.45) is 1.69. The van der Waals surface area contributed by atoms with Crippen LogP contribution in [0.1, 0.15) is 40.5 Å². The number of hydrogen-bond donors (Lipinski definition) is 2. The van der Waals surface area contributed by atoms with Crippen LogP contribution in [0.15, 0.2) is 58.9 Å². The summed E-state index contributed by atoms with van der Waals surface area (Å²) in [5.41, 5.74) is 0.976. The van der Waals surface area contributed by atoms with Gasteiger partial charge in [-0.3, -0.25) is 14.8 Å². The fourth-order valence-electron chi connectivity index (χ4n) is 2.39. The zero-order chi connectivity index (χ0) is 22.3. The average Bonchev–Trinajstić information content (AvgIpc) is 3.24. The van der Waals surface area contributed by atoms with Gasteiger partial charge < -0.3 is 4.74 Å². The van der Waals surface area contributed by atoms with Gasteiger partial charge in [0.1, 0.15) is 0 Å². The van der Waals surface area contributed by atoms with Gasteiger partial charge in [0.15, 0.2) is 0 Å². The Kier molecular flexibility index (Phi) is 7.32. The lowest BCUT2D eigenvalue weighted by molar-refractivity contribution is 0.0499. The molecule has 0 saturated heterocycles. The van der Waals surface area contributed by atoms with Crippen LogP contribution < -0.4 is 10.0 Å². The third-order valence-corrected chi connectivity index (χ3v) is 6.58. The maximum Gasteiger partial charge on any atom is 0.338 e. The Morgan fingerprint density at radius 1 is 1.00 bits per heavy atom. The zero-order valence-corrected chi connectivity index (χ0v) is 18.2. The van der Waals surface area contributed by atoms with Crippen LogP contribution in [-0.4, -0.2) is 37.1 Å². The summed E-state index contributed by atoms with van der Waals surface area (Å²) in [7, 11) is -4.02. The first-order valence-corrected chi connectivity index (χ1v) is 11.7. The number of carbonyl (C=O) groups is 2. The van der Waals surface area contributed by atoms with E-state index in [0.717, 1.165) is 24.2 Å². The molecule has 3 rings (SSSR count). The van der Waals surface area contributed by atoms with Gasteiger partial charge in [0.05, 0.1) is 12.2 Å². The van der Waals surface area contributed by atoms with Crippen LogP contribution in [0.4, 0.5) is 10.8 Å². The number of rotatable bonds is 9. The molecule has 0 aliphatic heterocycles. The van der Waals surface area contributed by atoms with Crippen molar-refractivity contribution in [2.24, 2.45) is 0 Å². The Morgan fingerprint density at radius 2 is 1.71 bits per heavy atom. The van der Waals surface area contributed by atoms with Crippen LogP contribution >= 0.6 is 11.3 Å². The van der Waals surface area contributed by atoms with Crippen molar-refractivity contribution in [2.45, 2.75) is 24.1 Å². The van der Waals surface area contributed by atoms with Crippen molar-refractivity contribution in [2.75, 3.05) is 16.6 Å². The first kappa shape index (κ1) is 22.4. The van der Waals surface area contributed by atoms with Crippen molar-refractivity contribution in [1.82, 2.24) is 10.2 Å². The van der Waals surface area contributed by atoms with E-state index in [1.165, 1.54) is 24.3 Å². The number of benzene rings is 2. The molecule has 0 spiro atoms. The summed E-state index contributed by atoms with van der Waals surface area (Å²) in [5, 5.41) is 9.94. The Balaban J connectivity index is 1.63. The number of esters is 1. The molecule has 1 aromatic heterocycles. The molecular formula is C20H20N4O5S2. The van der Waals surface area contributed by atoms with Gasteiger partial charge in [0, 0.05) is 11.3 Å². The number of ether oxygens (including phenoxy) is 1. The molecule has 9 nitrogen and oxygen atoms in total. The highest BCUT2D eigenvalue weighted by molar-refractivity contribution is 7.94. The molecule has 0 bridgehead atoms. The number of aromatic nitrogens is 2. The van der Waals surface area contributed by atoms with E-state index >= 15 is 0 Å². The second-order valence-corrected chi connectivity index (χ2v) is 9.20. The smallest absolute Gasteiger partial charge is 0.338 e. The normalized spacial score (nSPS) is 11.0. The van der Waals surface area contributed by atoms with Gasteiger partial charge in [-0.05, 0) is 42.8 Å². The molecule has 0 fully saturated rings. The quantitative estimate of drug-likeness (QED) is 0.284. The van der Waals surface area contributed by atoms with Crippen molar-refractivity contribution in [3.63, 3.8) is 0 Å². The number of nitrogens with zero attached hydrogens (tertiary/aromatic N) is 2. The van der Waals surface area contributed by atoms with Crippen molar-refractivity contribution in [1.29, 1.82) is 0 Å². The van der Waals surface area contributed by atoms with Gasteiger partial charge in [0.2, 0.25) is 5.13 Å². The van der Waals surface area contributed by atoms with Gasteiger partial charge in [-0.15, -0.1) is 10.2 Å². The van der Waals surface area contributed by atoms with E-state index in [1.807, 2.05) is 6.92 Å². The number of carbonyl (C=O) groups excluding carboxylic acids is 2. The van der Waals surface area contributed by atoms with E-state index in [4.69, 9.17) is 4.74 Å². The Morgan fingerprint density at radius 3 is 2.39 bits per heavy atom. The van der Waals surface area contributed by atoms with Crippen LogP contribution in [-0.2, 0) is 14.8 Å². The van der Waals surface area contributed by atoms with Gasteiger partial charge in [-0.1, -0.05) is 42.9 Å². The first-order chi connectivity index (χ1) is 14.9. The van der Waals surface area contributed by atoms with Crippen molar-refractivity contribution < 1.29 is 22.7 Å². The van der Waals surface area contributed by atoms with E-state index in [0.29, 0.717) is 17.7 Å². The number of nitrogens with one attached hydrogen (secondary N) is 2. The fraction of sp³-hybridized carbons (Fsp3) is 0.200. The van der Waals surface area contributed by atoms with E-state index in [9.17, 15) is 18.0 Å². The lowest BCUT2D eigenvalue weighted by Gasteiger charge is -2.07. The molecule has 11 heteroatoms. The molecule has 1 amide bonds. The lowest BCUT2D eigenvalue weighted by Crippen LogP contribution is -2.13. The Bertz CT molecular complexity index is 1150. The largest absolute Gasteiger partial charge is 0.462 e. The maximum atomic E-state index is 12.6. The van der Waals surface area contributed by atoms with E-state index < -0.39 is 21.9 Å². The maximum absolute atomic E-state index is 12.6. The summed E-state index contributed by atoms with van der Waals surface area (Å²) >= 11 is 0.723. The van der Waals surface area contributed by atoms with Crippen molar-refractivity contribution in [3.8, 4) is 0 Å². The predicted molar refractivity (Wildman–Crippen MR) is 117 cm³/mol. The highest BCUT2D eigenvalue weighted by Gasteiger charge is 2.21. The fourth-order valence-corrected chi connectivity index (χ4v) is 4.35. The predicted octanol–water partition coefficient (Wildman–Crippen LogP) is 3.55. The van der Waals surface area contributed by atoms with Crippen LogP contribution in [0.25, 0.3) is 0 Å². The first-order valence-electron chi connectivity index (χ1n) is 9.39. The standard InChI is InChI=1S/C20H20N4O5S2/c1-2-3-13-29-18(26)15-9-11-16(12-10-15)24-31(27,28)20-23-22-19(30-20)21-17(25)14-7-5-4-6-8-14/h4-12,24H,2-3,13H2,1H3,(H,21,22,25). The number of hydrogen-bond acceptors (Lipinski definition) is 8. The SMILES string of the molecule is CCCCOC(=O)c1ccc(NS(=O)(=O)c2nnc(NC(=O)c3ccccc3)s2)cc1. The van der Waals surface area contributed by atoms with Crippen LogP contribution in [0.5, 0.6) is 0 Å². The minimum Gasteiger partial charge on any atom is -0.462 e. The summed E-state index contributed by atoms with van der Waals surface area (Å²) in [5.74, 6) is -0.888. The molecule has 1 heterocycles. The third kappa shape index (κ3) is 6.09. The second kappa shape index (κ2) is 10.1. The van der Waals surface area contributed by atoms with E-state index in [1.54, 1.807) is 30.3 Å². The molecule has 2 N–H and O–H groups in total. The summed E-state index contributed by atoms with van der Waals surface area (Å²) in [6, 6.07) is 14.3. The Hall–Kier alpha value is -3.31. The number of anilines is 2. The molecule has 0 radical (unpaired) electrons. The highest BCUT2D eigenvalue weighted by Crippen LogP contribution is 2.23. The number of unbranched alkanes of at least 4 members (excludes halogenated alkanes) is 1. The minimum absolute atomic E-state index is 0.0550. The van der Waals surface area contributed by atoms with Gasteiger partial charge in [0.25, 0.3) is 20.3 Å². The van der Waals surface area contributed by atoms with Crippen molar-refractivity contribution >= 4 is 44.1 Å². The summed E-state index contributed by atoms with van der Waals surface area (Å²) in [6.45, 7) is 2.33. The topological polar surface area (TPSA) is 127 Å². The minimum atomic E-state index is -4.02. The molecule has 3 aromatic rings. The molecule has 31 heavy (non-hydrogen) atoms. The molecule has 0 aliphatic carbocycles. The van der Waals surface area contributed by atoms with Crippen LogP contribution in [0.3, 0.4) is 0 Å². The third-order valence-electron chi connectivity index (χ3n) is 4.00. The number of sulfonamides is 1. The van der Waals surface area contributed by atoms with E-state index in [-0.39, 0.29) is 15.2 Å². The average molecular weight is 461 g/mol. The number of amides is 1. The molecule has 2 aromatic carbocycles. The lowest BCUT2D eigenvalue weighted by atomic mass is 10.2. The zero-order valence-electron chi connectivity index (χ0n) is 16.6. The van der Waals surface area contributed by atoms with Crippen LogP contribution in [0.2, 0.25) is 0 Å². The molecule has 0 aliphatic rings. The highest BCUT2D eigenvalue weighted by atomic mass is 32.2. The molecular weight excluding hydrogens is 440 g/mol. The van der Waals surface area contributed by atoms with Gasteiger partial charge in [-0.25, -0.2) is 4.79 Å². The molecule has 0 atom stereocenters. The Labute approximate surface area is 183 Å².